The highest BCUT2D eigenvalue weighted by Gasteiger charge is 2.11. The molecule has 0 unspecified atom stereocenters. The second-order valence-electron chi connectivity index (χ2n) is 6.24. The van der Waals surface area contributed by atoms with E-state index < -0.39 is 0 Å². The summed E-state index contributed by atoms with van der Waals surface area (Å²) in [5.41, 5.74) is 2.88. The van der Waals surface area contributed by atoms with Crippen molar-refractivity contribution in [1.29, 1.82) is 0 Å². The van der Waals surface area contributed by atoms with E-state index in [1.165, 1.54) is 24.1 Å². The fourth-order valence-electron chi connectivity index (χ4n) is 1.99. The lowest BCUT2D eigenvalue weighted by Gasteiger charge is -2.16. The maximum atomic E-state index is 5.79. The van der Waals surface area contributed by atoms with Gasteiger partial charge in [-0.3, -0.25) is 0 Å². The second-order valence-corrected chi connectivity index (χ2v) is 6.24. The van der Waals surface area contributed by atoms with Gasteiger partial charge in [-0.05, 0) is 70.7 Å². The van der Waals surface area contributed by atoms with Gasteiger partial charge in [0.15, 0.2) is 0 Å². The number of quaternary nitrogens is 1. The zero-order valence-electron chi connectivity index (χ0n) is 12.5. The van der Waals surface area contributed by atoms with Crippen molar-refractivity contribution in [2.75, 3.05) is 13.2 Å². The molecule has 0 aromatic heterocycles. The molecule has 2 heteroatoms. The Balaban J connectivity index is 2.18. The molecular weight excluding hydrogens is 222 g/mol. The summed E-state index contributed by atoms with van der Waals surface area (Å²) in [7, 11) is 0. The van der Waals surface area contributed by atoms with Crippen LogP contribution in [0.1, 0.15) is 44.7 Å². The molecule has 0 spiro atoms. The van der Waals surface area contributed by atoms with Crippen LogP contribution < -0.4 is 10.1 Å². The molecule has 0 atom stereocenters. The standard InChI is InChI=1S/C16H27NO/c1-13-10-14(2)12-15(11-13)18-9-7-6-8-17-16(3,4)5/h10-12,17H,6-9H2,1-5H3/p+1. The monoisotopic (exact) mass is 250 g/mol. The fraction of sp³-hybridized carbons (Fsp3) is 0.625. The van der Waals surface area contributed by atoms with E-state index in [-0.39, 0.29) is 0 Å². The van der Waals surface area contributed by atoms with Gasteiger partial charge in [-0.1, -0.05) is 6.07 Å². The van der Waals surface area contributed by atoms with Crippen LogP contribution in [-0.4, -0.2) is 18.7 Å². The lowest BCUT2D eigenvalue weighted by molar-refractivity contribution is -0.717. The Hall–Kier alpha value is -1.02. The molecule has 0 saturated heterocycles. The highest BCUT2D eigenvalue weighted by molar-refractivity contribution is 5.32. The maximum absolute atomic E-state index is 5.79. The number of aryl methyl sites for hydroxylation is 2. The summed E-state index contributed by atoms with van der Waals surface area (Å²) < 4.78 is 5.79. The highest BCUT2D eigenvalue weighted by Crippen LogP contribution is 2.16. The zero-order valence-corrected chi connectivity index (χ0v) is 12.5. The van der Waals surface area contributed by atoms with Crippen molar-refractivity contribution in [3.8, 4) is 5.75 Å². The van der Waals surface area contributed by atoms with Gasteiger partial charge < -0.3 is 10.1 Å². The fourth-order valence-corrected chi connectivity index (χ4v) is 1.99. The van der Waals surface area contributed by atoms with Gasteiger partial charge in [0.25, 0.3) is 0 Å². The van der Waals surface area contributed by atoms with Crippen LogP contribution in [0.5, 0.6) is 5.75 Å². The number of nitrogens with two attached hydrogens (primary N) is 1. The molecule has 1 rings (SSSR count). The predicted molar refractivity (Wildman–Crippen MR) is 77.2 cm³/mol. The van der Waals surface area contributed by atoms with E-state index in [4.69, 9.17) is 4.74 Å². The van der Waals surface area contributed by atoms with Crippen molar-refractivity contribution in [3.05, 3.63) is 29.3 Å². The van der Waals surface area contributed by atoms with Crippen LogP contribution in [0.3, 0.4) is 0 Å². The Labute approximate surface area is 112 Å². The molecule has 1 aromatic rings. The van der Waals surface area contributed by atoms with Crippen LogP contribution in [0.25, 0.3) is 0 Å². The molecule has 0 saturated carbocycles. The molecule has 102 valence electrons. The molecule has 2 nitrogen and oxygen atoms in total. The van der Waals surface area contributed by atoms with Gasteiger partial charge in [0.1, 0.15) is 5.75 Å². The number of unbranched alkanes of at least 4 members (excludes halogenated alkanes) is 1. The molecule has 0 radical (unpaired) electrons. The van der Waals surface area contributed by atoms with E-state index in [9.17, 15) is 0 Å². The third-order valence-corrected chi connectivity index (χ3v) is 2.82. The van der Waals surface area contributed by atoms with Crippen LogP contribution in [0.4, 0.5) is 0 Å². The smallest absolute Gasteiger partial charge is 0.119 e. The Morgan fingerprint density at radius 2 is 1.61 bits per heavy atom. The first kappa shape index (κ1) is 15.0. The molecule has 0 bridgehead atoms. The number of hydrogen-bond acceptors (Lipinski definition) is 1. The van der Waals surface area contributed by atoms with Crippen LogP contribution in [0.15, 0.2) is 18.2 Å². The summed E-state index contributed by atoms with van der Waals surface area (Å²) in [5, 5.41) is 2.39. The molecule has 18 heavy (non-hydrogen) atoms. The summed E-state index contributed by atoms with van der Waals surface area (Å²) in [6, 6.07) is 6.38. The van der Waals surface area contributed by atoms with E-state index in [0.29, 0.717) is 5.54 Å². The number of hydrogen-bond donors (Lipinski definition) is 1. The van der Waals surface area contributed by atoms with Crippen LogP contribution in [0.2, 0.25) is 0 Å². The van der Waals surface area contributed by atoms with Crippen molar-refractivity contribution in [1.82, 2.24) is 0 Å². The SMILES string of the molecule is Cc1cc(C)cc(OCCCC[NH2+]C(C)(C)C)c1. The van der Waals surface area contributed by atoms with Gasteiger partial charge in [0.05, 0.1) is 18.7 Å². The van der Waals surface area contributed by atoms with E-state index in [1.54, 1.807) is 0 Å². The number of benzene rings is 1. The first-order chi connectivity index (χ1) is 8.37. The van der Waals surface area contributed by atoms with Crippen LogP contribution in [0, 0.1) is 13.8 Å². The Morgan fingerprint density at radius 3 is 2.17 bits per heavy atom. The van der Waals surface area contributed by atoms with Gasteiger partial charge in [-0.25, -0.2) is 0 Å². The lowest BCUT2D eigenvalue weighted by atomic mass is 10.1. The van der Waals surface area contributed by atoms with Gasteiger partial charge in [-0.2, -0.15) is 0 Å². The largest absolute Gasteiger partial charge is 0.494 e. The molecule has 0 amide bonds. The lowest BCUT2D eigenvalue weighted by Crippen LogP contribution is -2.94. The number of ether oxygens (including phenoxy) is 1. The van der Waals surface area contributed by atoms with E-state index >= 15 is 0 Å². The van der Waals surface area contributed by atoms with Gasteiger partial charge in [0.2, 0.25) is 0 Å². The van der Waals surface area contributed by atoms with E-state index in [1.807, 2.05) is 0 Å². The Bertz CT molecular complexity index is 346. The maximum Gasteiger partial charge on any atom is 0.119 e. The number of rotatable bonds is 6. The molecule has 0 aliphatic carbocycles. The average molecular weight is 250 g/mol. The average Bonchev–Trinajstić information content (AvgIpc) is 2.20. The van der Waals surface area contributed by atoms with Gasteiger partial charge in [-0.15, -0.1) is 0 Å². The van der Waals surface area contributed by atoms with Crippen molar-refractivity contribution < 1.29 is 10.1 Å². The summed E-state index contributed by atoms with van der Waals surface area (Å²) in [5.74, 6) is 1.01. The normalized spacial score (nSPS) is 11.6. The molecule has 0 heterocycles. The molecule has 1 aromatic carbocycles. The third-order valence-electron chi connectivity index (χ3n) is 2.82. The molecule has 2 N–H and O–H groups in total. The highest BCUT2D eigenvalue weighted by atomic mass is 16.5. The van der Waals surface area contributed by atoms with E-state index in [0.717, 1.165) is 18.8 Å². The zero-order chi connectivity index (χ0) is 13.6. The minimum atomic E-state index is 0.342. The van der Waals surface area contributed by atoms with Gasteiger partial charge in [0, 0.05) is 0 Å². The molecular formula is C16H28NO+. The predicted octanol–water partition coefficient (Wildman–Crippen LogP) is 2.82. The molecule has 0 aliphatic heterocycles. The molecule has 0 aliphatic rings. The Morgan fingerprint density at radius 1 is 1.00 bits per heavy atom. The van der Waals surface area contributed by atoms with Crippen LogP contribution >= 0.6 is 0 Å². The van der Waals surface area contributed by atoms with Crippen LogP contribution in [-0.2, 0) is 0 Å². The van der Waals surface area contributed by atoms with Crippen molar-refractivity contribution in [2.45, 2.75) is 53.0 Å². The van der Waals surface area contributed by atoms with Gasteiger partial charge >= 0.3 is 0 Å². The quantitative estimate of drug-likeness (QED) is 0.772. The van der Waals surface area contributed by atoms with E-state index in [2.05, 4.69) is 58.1 Å². The summed E-state index contributed by atoms with van der Waals surface area (Å²) >= 11 is 0. The second kappa shape index (κ2) is 6.79. The van der Waals surface area contributed by atoms with Crippen molar-refractivity contribution in [3.63, 3.8) is 0 Å². The Kier molecular flexibility index (Phi) is 5.67. The topological polar surface area (TPSA) is 25.8 Å². The minimum absolute atomic E-state index is 0.342. The first-order valence-electron chi connectivity index (χ1n) is 6.92. The van der Waals surface area contributed by atoms with Crippen molar-refractivity contribution in [2.24, 2.45) is 0 Å². The van der Waals surface area contributed by atoms with Crippen molar-refractivity contribution >= 4 is 0 Å². The summed E-state index contributed by atoms with van der Waals surface area (Å²) in [6.45, 7) is 13.0. The molecule has 0 fully saturated rings. The summed E-state index contributed by atoms with van der Waals surface area (Å²) in [6.07, 6.45) is 2.33. The minimum Gasteiger partial charge on any atom is -0.494 e. The third kappa shape index (κ3) is 6.65. The first-order valence-corrected chi connectivity index (χ1v) is 6.92. The summed E-state index contributed by atoms with van der Waals surface area (Å²) in [4.78, 5) is 0.